The molecule has 0 bridgehead atoms. The van der Waals surface area contributed by atoms with Gasteiger partial charge >= 0.3 is 6.03 Å². The molecule has 1 aliphatic rings. The molecule has 0 atom stereocenters. The van der Waals surface area contributed by atoms with Gasteiger partial charge in [0.15, 0.2) is 0 Å². The van der Waals surface area contributed by atoms with E-state index in [1.807, 2.05) is 18.2 Å². The first-order valence-corrected chi connectivity index (χ1v) is 8.88. The molecule has 4 amide bonds. The molecule has 0 spiro atoms. The second kappa shape index (κ2) is 8.84. The number of benzene rings is 2. The van der Waals surface area contributed by atoms with Gasteiger partial charge in [-0.05, 0) is 30.5 Å². The van der Waals surface area contributed by atoms with Crippen LogP contribution in [0.15, 0.2) is 54.6 Å². The molecule has 0 unspecified atom stereocenters. The van der Waals surface area contributed by atoms with Crippen LogP contribution >= 0.6 is 0 Å². The number of aryl methyl sites for hydroxylation is 1. The van der Waals surface area contributed by atoms with Crippen molar-refractivity contribution in [1.29, 1.82) is 0 Å². The number of carbonyl (C=O) groups is 3. The third-order valence-electron chi connectivity index (χ3n) is 4.22. The number of hydrogen-bond acceptors (Lipinski definition) is 3. The lowest BCUT2D eigenvalue weighted by atomic mass is 10.1. The van der Waals surface area contributed by atoms with Crippen molar-refractivity contribution in [3.63, 3.8) is 0 Å². The Kier molecular flexibility index (Phi) is 6.04. The van der Waals surface area contributed by atoms with Crippen molar-refractivity contribution in [3.8, 4) is 0 Å². The summed E-state index contributed by atoms with van der Waals surface area (Å²) in [5.41, 5.74) is 2.41. The SMILES string of the molecule is O=C(CNC(=O)N1CC(=O)Nc2ccccc21)NCCCc1ccccc1. The largest absolute Gasteiger partial charge is 0.355 e. The van der Waals surface area contributed by atoms with Crippen LogP contribution in [0.25, 0.3) is 0 Å². The van der Waals surface area contributed by atoms with Crippen molar-refractivity contribution >= 4 is 29.2 Å². The van der Waals surface area contributed by atoms with Gasteiger partial charge in [-0.25, -0.2) is 4.79 Å². The second-order valence-corrected chi connectivity index (χ2v) is 6.25. The van der Waals surface area contributed by atoms with Gasteiger partial charge in [0.2, 0.25) is 11.8 Å². The van der Waals surface area contributed by atoms with E-state index in [9.17, 15) is 14.4 Å². The molecule has 0 saturated carbocycles. The zero-order valence-corrected chi connectivity index (χ0v) is 14.9. The topological polar surface area (TPSA) is 90.5 Å². The molecule has 140 valence electrons. The number of nitrogens with one attached hydrogen (secondary N) is 3. The minimum absolute atomic E-state index is 0.0818. The number of fused-ring (bicyclic) bond motifs is 1. The molecule has 3 rings (SSSR count). The number of urea groups is 1. The molecule has 27 heavy (non-hydrogen) atoms. The van der Waals surface area contributed by atoms with Crippen molar-refractivity contribution in [2.45, 2.75) is 12.8 Å². The fourth-order valence-electron chi connectivity index (χ4n) is 2.89. The lowest BCUT2D eigenvalue weighted by molar-refractivity contribution is -0.120. The van der Waals surface area contributed by atoms with Gasteiger partial charge in [0, 0.05) is 6.54 Å². The van der Waals surface area contributed by atoms with E-state index in [1.165, 1.54) is 10.5 Å². The minimum atomic E-state index is -0.475. The Morgan fingerprint density at radius 1 is 1.00 bits per heavy atom. The maximum atomic E-state index is 12.4. The molecule has 7 nitrogen and oxygen atoms in total. The highest BCUT2D eigenvalue weighted by Crippen LogP contribution is 2.28. The Hall–Kier alpha value is -3.35. The van der Waals surface area contributed by atoms with E-state index in [4.69, 9.17) is 0 Å². The second-order valence-electron chi connectivity index (χ2n) is 6.25. The van der Waals surface area contributed by atoms with Gasteiger partial charge in [-0.2, -0.15) is 0 Å². The maximum absolute atomic E-state index is 12.4. The number of anilines is 2. The normalized spacial score (nSPS) is 12.7. The van der Waals surface area contributed by atoms with Crippen LogP contribution in [0, 0.1) is 0 Å². The Labute approximate surface area is 157 Å². The fourth-order valence-corrected chi connectivity index (χ4v) is 2.89. The van der Waals surface area contributed by atoms with Crippen LogP contribution in [0.1, 0.15) is 12.0 Å². The summed E-state index contributed by atoms with van der Waals surface area (Å²) in [6.07, 6.45) is 1.70. The summed E-state index contributed by atoms with van der Waals surface area (Å²) >= 11 is 0. The predicted molar refractivity (Wildman–Crippen MR) is 104 cm³/mol. The van der Waals surface area contributed by atoms with E-state index >= 15 is 0 Å². The van der Waals surface area contributed by atoms with E-state index in [1.54, 1.807) is 24.3 Å². The lowest BCUT2D eigenvalue weighted by Gasteiger charge is -2.29. The van der Waals surface area contributed by atoms with Gasteiger partial charge < -0.3 is 16.0 Å². The van der Waals surface area contributed by atoms with Gasteiger partial charge in [0.1, 0.15) is 6.54 Å². The molecule has 0 aliphatic carbocycles. The Balaban J connectivity index is 1.42. The van der Waals surface area contributed by atoms with Crippen molar-refractivity contribution in [2.24, 2.45) is 0 Å². The molecule has 1 heterocycles. The zero-order valence-electron chi connectivity index (χ0n) is 14.9. The molecule has 1 aliphatic heterocycles. The summed E-state index contributed by atoms with van der Waals surface area (Å²) in [4.78, 5) is 37.4. The molecule has 7 heteroatoms. The standard InChI is InChI=1S/C20H22N4O3/c25-18(21-12-6-9-15-7-2-1-3-8-15)13-22-20(27)24-14-19(26)23-16-10-4-5-11-17(16)24/h1-5,7-8,10-11H,6,9,12-14H2,(H,21,25)(H,22,27)(H,23,26). The van der Waals surface area contributed by atoms with Crippen LogP contribution in [0.4, 0.5) is 16.2 Å². The smallest absolute Gasteiger partial charge is 0.322 e. The summed E-state index contributed by atoms with van der Waals surface area (Å²) in [5.74, 6) is -0.527. The summed E-state index contributed by atoms with van der Waals surface area (Å²) in [6, 6.07) is 16.6. The molecular weight excluding hydrogens is 344 g/mol. The molecule has 0 saturated heterocycles. The highest BCUT2D eigenvalue weighted by atomic mass is 16.2. The number of para-hydroxylation sites is 2. The monoisotopic (exact) mass is 366 g/mol. The van der Waals surface area contributed by atoms with Crippen molar-refractivity contribution in [1.82, 2.24) is 10.6 Å². The van der Waals surface area contributed by atoms with Crippen LogP contribution in [0.5, 0.6) is 0 Å². The van der Waals surface area contributed by atoms with Gasteiger partial charge in [-0.3, -0.25) is 14.5 Å². The minimum Gasteiger partial charge on any atom is -0.355 e. The molecule has 0 radical (unpaired) electrons. The molecule has 0 fully saturated rings. The number of nitrogens with zero attached hydrogens (tertiary/aromatic N) is 1. The van der Waals surface area contributed by atoms with Gasteiger partial charge in [-0.15, -0.1) is 0 Å². The van der Waals surface area contributed by atoms with Crippen LogP contribution < -0.4 is 20.9 Å². The number of hydrogen-bond donors (Lipinski definition) is 3. The first kappa shape index (κ1) is 18.4. The average molecular weight is 366 g/mol. The van der Waals surface area contributed by atoms with Crippen LogP contribution in [-0.2, 0) is 16.0 Å². The van der Waals surface area contributed by atoms with Gasteiger partial charge in [0.05, 0.1) is 17.9 Å². The summed E-state index contributed by atoms with van der Waals surface area (Å²) in [6.45, 7) is 0.324. The van der Waals surface area contributed by atoms with Crippen LogP contribution in [-0.4, -0.2) is 37.5 Å². The van der Waals surface area contributed by atoms with Crippen LogP contribution in [0.2, 0.25) is 0 Å². The lowest BCUT2D eigenvalue weighted by Crippen LogP contribution is -2.49. The maximum Gasteiger partial charge on any atom is 0.322 e. The van der Waals surface area contributed by atoms with E-state index in [0.717, 1.165) is 12.8 Å². The van der Waals surface area contributed by atoms with Gasteiger partial charge in [-0.1, -0.05) is 42.5 Å². The molecule has 3 N–H and O–H groups in total. The fraction of sp³-hybridized carbons (Fsp3) is 0.250. The Morgan fingerprint density at radius 3 is 2.56 bits per heavy atom. The third-order valence-corrected chi connectivity index (χ3v) is 4.22. The quantitative estimate of drug-likeness (QED) is 0.682. The number of rotatable bonds is 6. The van der Waals surface area contributed by atoms with E-state index in [0.29, 0.717) is 17.9 Å². The zero-order chi connectivity index (χ0) is 19.1. The van der Waals surface area contributed by atoms with E-state index in [-0.39, 0.29) is 24.9 Å². The van der Waals surface area contributed by atoms with Gasteiger partial charge in [0.25, 0.3) is 0 Å². The van der Waals surface area contributed by atoms with Crippen molar-refractivity contribution in [2.75, 3.05) is 29.9 Å². The van der Waals surface area contributed by atoms with E-state index in [2.05, 4.69) is 28.1 Å². The summed E-state index contributed by atoms with van der Waals surface area (Å²) in [5, 5.41) is 8.07. The predicted octanol–water partition coefficient (Wildman–Crippen LogP) is 1.90. The van der Waals surface area contributed by atoms with Crippen molar-refractivity contribution in [3.05, 3.63) is 60.2 Å². The highest BCUT2D eigenvalue weighted by Gasteiger charge is 2.26. The van der Waals surface area contributed by atoms with Crippen LogP contribution in [0.3, 0.4) is 0 Å². The third kappa shape index (κ3) is 5.07. The number of amides is 4. The molecule has 2 aromatic carbocycles. The first-order valence-electron chi connectivity index (χ1n) is 8.88. The molecular formula is C20H22N4O3. The van der Waals surface area contributed by atoms with E-state index < -0.39 is 6.03 Å². The summed E-state index contributed by atoms with van der Waals surface area (Å²) in [7, 11) is 0. The first-order chi connectivity index (χ1) is 13.1. The highest BCUT2D eigenvalue weighted by molar-refractivity contribution is 6.09. The Morgan fingerprint density at radius 2 is 1.74 bits per heavy atom. The van der Waals surface area contributed by atoms with Crippen molar-refractivity contribution < 1.29 is 14.4 Å². The molecule has 0 aromatic heterocycles. The number of carbonyl (C=O) groups excluding carboxylic acids is 3. The Bertz CT molecular complexity index is 823. The summed E-state index contributed by atoms with van der Waals surface area (Å²) < 4.78 is 0. The average Bonchev–Trinajstić information content (AvgIpc) is 2.69. The molecule has 2 aromatic rings.